The quantitative estimate of drug-likeness (QED) is 0.690. The maximum absolute atomic E-state index is 13.6. The third-order valence-corrected chi connectivity index (χ3v) is 3.59. The summed E-state index contributed by atoms with van der Waals surface area (Å²) >= 11 is 5.03. The highest BCUT2D eigenvalue weighted by Crippen LogP contribution is 2.18. The Hall–Kier alpha value is -2.87. The lowest BCUT2D eigenvalue weighted by atomic mass is 10.1. The summed E-state index contributed by atoms with van der Waals surface area (Å²) in [4.78, 5) is 4.26. The zero-order chi connectivity index (χ0) is 17.8. The van der Waals surface area contributed by atoms with Gasteiger partial charge in [0.2, 0.25) is 11.7 Å². The fourth-order valence-electron chi connectivity index (χ4n) is 2.16. The predicted molar refractivity (Wildman–Crippen MR) is 93.9 cm³/mol. The van der Waals surface area contributed by atoms with E-state index in [0.29, 0.717) is 11.7 Å². The highest BCUT2D eigenvalue weighted by Gasteiger charge is 2.12. The molecule has 5 nitrogen and oxygen atoms in total. The minimum atomic E-state index is -0.733. The minimum Gasteiger partial charge on any atom is -0.353 e. The summed E-state index contributed by atoms with van der Waals surface area (Å²) in [5, 5.41) is 9.19. The van der Waals surface area contributed by atoms with Crippen molar-refractivity contribution in [1.82, 2.24) is 15.5 Å². The van der Waals surface area contributed by atoms with E-state index in [0.717, 1.165) is 23.3 Å². The second-order valence-corrected chi connectivity index (χ2v) is 5.69. The minimum absolute atomic E-state index is 0.0410. The number of halogens is 2. The first-order valence-corrected chi connectivity index (χ1v) is 7.82. The number of aromatic nitrogens is 2. The van der Waals surface area contributed by atoms with Crippen LogP contribution in [0.25, 0.3) is 11.4 Å². The molecule has 1 aromatic heterocycles. The van der Waals surface area contributed by atoms with Crippen LogP contribution in [0.4, 0.5) is 14.5 Å². The van der Waals surface area contributed by atoms with Gasteiger partial charge in [0.25, 0.3) is 0 Å². The topological polar surface area (TPSA) is 63.0 Å². The highest BCUT2D eigenvalue weighted by atomic mass is 32.1. The van der Waals surface area contributed by atoms with Crippen LogP contribution in [0, 0.1) is 18.6 Å². The van der Waals surface area contributed by atoms with E-state index in [4.69, 9.17) is 16.7 Å². The van der Waals surface area contributed by atoms with Crippen molar-refractivity contribution in [1.29, 1.82) is 0 Å². The fraction of sp³-hybridized carbons (Fsp3) is 0.118. The predicted octanol–water partition coefficient (Wildman–Crippen LogP) is 3.81. The van der Waals surface area contributed by atoms with Crippen molar-refractivity contribution in [2.24, 2.45) is 0 Å². The number of anilines is 1. The molecule has 0 unspecified atom stereocenters. The number of rotatable bonds is 4. The summed E-state index contributed by atoms with van der Waals surface area (Å²) in [7, 11) is 0. The molecule has 25 heavy (non-hydrogen) atoms. The maximum Gasteiger partial charge on any atom is 0.246 e. The van der Waals surface area contributed by atoms with Gasteiger partial charge >= 0.3 is 0 Å². The zero-order valence-electron chi connectivity index (χ0n) is 13.2. The average molecular weight is 360 g/mol. The SMILES string of the molecule is Cc1cccc(-c2noc(CNC(=S)Nc3c(F)cccc3F)n2)c1. The average Bonchev–Trinajstić information content (AvgIpc) is 3.06. The van der Waals surface area contributed by atoms with Gasteiger partial charge in [-0.3, -0.25) is 0 Å². The first-order chi connectivity index (χ1) is 12.0. The molecule has 0 bridgehead atoms. The van der Waals surface area contributed by atoms with Gasteiger partial charge < -0.3 is 15.2 Å². The third-order valence-electron chi connectivity index (χ3n) is 3.35. The monoisotopic (exact) mass is 360 g/mol. The van der Waals surface area contributed by atoms with Gasteiger partial charge in [0.05, 0.1) is 6.54 Å². The number of aryl methyl sites for hydroxylation is 1. The molecule has 0 atom stereocenters. The lowest BCUT2D eigenvalue weighted by molar-refractivity contribution is 0.376. The fourth-order valence-corrected chi connectivity index (χ4v) is 2.33. The summed E-state index contributed by atoms with van der Waals surface area (Å²) in [5.74, 6) is -0.707. The van der Waals surface area contributed by atoms with Gasteiger partial charge in [0, 0.05) is 5.56 Å². The Morgan fingerprint density at radius 1 is 1.16 bits per heavy atom. The van der Waals surface area contributed by atoms with Crippen LogP contribution >= 0.6 is 12.2 Å². The third kappa shape index (κ3) is 4.16. The normalized spacial score (nSPS) is 10.5. The number of nitrogens with zero attached hydrogens (tertiary/aromatic N) is 2. The number of hydrogen-bond acceptors (Lipinski definition) is 4. The number of thiocarbonyl (C=S) groups is 1. The Morgan fingerprint density at radius 3 is 2.60 bits per heavy atom. The molecule has 0 amide bonds. The van der Waals surface area contributed by atoms with Gasteiger partial charge in [-0.15, -0.1) is 0 Å². The molecule has 0 aliphatic rings. The van der Waals surface area contributed by atoms with E-state index in [1.807, 2.05) is 31.2 Å². The Kier molecular flexibility index (Phi) is 4.99. The summed E-state index contributed by atoms with van der Waals surface area (Å²) in [6.45, 7) is 2.10. The first-order valence-electron chi connectivity index (χ1n) is 7.41. The Labute approximate surface area is 148 Å². The number of hydrogen-bond donors (Lipinski definition) is 2. The van der Waals surface area contributed by atoms with Crippen molar-refractivity contribution in [2.75, 3.05) is 5.32 Å². The second-order valence-electron chi connectivity index (χ2n) is 5.29. The van der Waals surface area contributed by atoms with E-state index in [2.05, 4.69) is 20.8 Å². The van der Waals surface area contributed by atoms with Crippen LogP contribution in [-0.2, 0) is 6.54 Å². The van der Waals surface area contributed by atoms with Crippen molar-refractivity contribution in [2.45, 2.75) is 13.5 Å². The van der Waals surface area contributed by atoms with Crippen LogP contribution in [-0.4, -0.2) is 15.3 Å². The highest BCUT2D eigenvalue weighted by molar-refractivity contribution is 7.80. The van der Waals surface area contributed by atoms with E-state index >= 15 is 0 Å². The molecule has 2 N–H and O–H groups in total. The Bertz CT molecular complexity index is 893. The van der Waals surface area contributed by atoms with Crippen LogP contribution in [0.15, 0.2) is 47.0 Å². The molecule has 2 aromatic carbocycles. The molecule has 1 heterocycles. The van der Waals surface area contributed by atoms with E-state index < -0.39 is 11.6 Å². The molecular formula is C17H14F2N4OS. The van der Waals surface area contributed by atoms with E-state index in [1.54, 1.807) is 0 Å². The van der Waals surface area contributed by atoms with E-state index in [-0.39, 0.29) is 17.3 Å². The lowest BCUT2D eigenvalue weighted by Gasteiger charge is -2.10. The Morgan fingerprint density at radius 2 is 1.88 bits per heavy atom. The molecule has 0 radical (unpaired) electrons. The van der Waals surface area contributed by atoms with Crippen molar-refractivity contribution < 1.29 is 13.3 Å². The molecular weight excluding hydrogens is 346 g/mol. The maximum atomic E-state index is 13.6. The lowest BCUT2D eigenvalue weighted by Crippen LogP contribution is -2.28. The zero-order valence-corrected chi connectivity index (χ0v) is 14.0. The Balaban J connectivity index is 1.61. The summed E-state index contributed by atoms with van der Waals surface area (Å²) in [6, 6.07) is 11.2. The molecule has 0 aliphatic carbocycles. The molecule has 0 saturated carbocycles. The van der Waals surface area contributed by atoms with Crippen molar-refractivity contribution in [3.63, 3.8) is 0 Å². The van der Waals surface area contributed by atoms with Crippen LogP contribution in [0.3, 0.4) is 0 Å². The summed E-state index contributed by atoms with van der Waals surface area (Å²) < 4.78 is 32.3. The van der Waals surface area contributed by atoms with Gasteiger partial charge in [-0.1, -0.05) is 35.0 Å². The van der Waals surface area contributed by atoms with E-state index in [1.165, 1.54) is 6.07 Å². The van der Waals surface area contributed by atoms with Crippen LogP contribution in [0.5, 0.6) is 0 Å². The second kappa shape index (κ2) is 7.35. The van der Waals surface area contributed by atoms with Gasteiger partial charge in [-0.2, -0.15) is 4.98 Å². The molecule has 8 heteroatoms. The first kappa shape index (κ1) is 17.0. The number of para-hydroxylation sites is 1. The summed E-state index contributed by atoms with van der Waals surface area (Å²) in [6.07, 6.45) is 0. The van der Waals surface area contributed by atoms with Gasteiger partial charge in [0.1, 0.15) is 17.3 Å². The van der Waals surface area contributed by atoms with Gasteiger partial charge in [-0.05, 0) is 37.3 Å². The molecule has 128 valence electrons. The molecule has 0 fully saturated rings. The standard InChI is InChI=1S/C17H14F2N4OS/c1-10-4-2-5-11(8-10)16-21-14(24-23-16)9-20-17(25)22-15-12(18)6-3-7-13(15)19/h2-8H,9H2,1H3,(H2,20,22,25). The van der Waals surface area contributed by atoms with Crippen molar-refractivity contribution >= 4 is 23.0 Å². The van der Waals surface area contributed by atoms with Gasteiger partial charge in [0.15, 0.2) is 5.11 Å². The molecule has 3 rings (SSSR count). The van der Waals surface area contributed by atoms with Crippen LogP contribution in [0.2, 0.25) is 0 Å². The van der Waals surface area contributed by atoms with Crippen molar-refractivity contribution in [3.8, 4) is 11.4 Å². The number of nitrogens with one attached hydrogen (secondary N) is 2. The summed E-state index contributed by atoms with van der Waals surface area (Å²) in [5.41, 5.74) is 1.61. The van der Waals surface area contributed by atoms with Crippen LogP contribution < -0.4 is 10.6 Å². The molecule has 0 saturated heterocycles. The smallest absolute Gasteiger partial charge is 0.246 e. The molecule has 3 aromatic rings. The van der Waals surface area contributed by atoms with Crippen molar-refractivity contribution in [3.05, 3.63) is 65.6 Å². The molecule has 0 aliphatic heterocycles. The van der Waals surface area contributed by atoms with Gasteiger partial charge in [-0.25, -0.2) is 8.78 Å². The van der Waals surface area contributed by atoms with Crippen LogP contribution in [0.1, 0.15) is 11.5 Å². The van der Waals surface area contributed by atoms with E-state index in [9.17, 15) is 8.78 Å². The molecule has 0 spiro atoms. The number of benzene rings is 2. The largest absolute Gasteiger partial charge is 0.353 e.